The molecule has 35 heavy (non-hydrogen) atoms. The van der Waals surface area contributed by atoms with Crippen LogP contribution < -0.4 is 5.32 Å². The van der Waals surface area contributed by atoms with Crippen molar-refractivity contribution in [3.63, 3.8) is 0 Å². The van der Waals surface area contributed by atoms with Crippen molar-refractivity contribution in [1.82, 2.24) is 14.8 Å². The molecule has 1 N–H and O–H groups in total. The van der Waals surface area contributed by atoms with Gasteiger partial charge in [0.05, 0.1) is 0 Å². The van der Waals surface area contributed by atoms with E-state index in [1.807, 2.05) is 12.1 Å². The van der Waals surface area contributed by atoms with Crippen LogP contribution in [0.2, 0.25) is 0 Å². The number of hydrogen-bond acceptors (Lipinski definition) is 2. The summed E-state index contributed by atoms with van der Waals surface area (Å²) < 4.78 is 15.7. The van der Waals surface area contributed by atoms with E-state index in [4.69, 9.17) is 0 Å². The summed E-state index contributed by atoms with van der Waals surface area (Å²) in [6, 6.07) is 25.7. The van der Waals surface area contributed by atoms with E-state index in [1.54, 1.807) is 0 Å². The van der Waals surface area contributed by atoms with Gasteiger partial charge in [-0.15, -0.1) is 0 Å². The average molecular weight is 470 g/mol. The van der Waals surface area contributed by atoms with Crippen LogP contribution in [0.5, 0.6) is 0 Å². The molecule has 5 rings (SSSR count). The van der Waals surface area contributed by atoms with Gasteiger partial charge in [0.2, 0.25) is 5.91 Å². The largest absolute Gasteiger partial charge is 0.352 e. The molecule has 2 heterocycles. The number of aryl methyl sites for hydroxylation is 1. The molecule has 1 saturated heterocycles. The maximum atomic E-state index is 13.4. The Balaban J connectivity index is 1.21. The fraction of sp³-hybridized carbons (Fsp3) is 0.300. The first kappa shape index (κ1) is 23.3. The number of hydrogen-bond donors (Lipinski definition) is 1. The standard InChI is InChI=1S/C30H32FN3O/c1-22-6-8-23(9-7-22)19-32-30(35)25-14-16-33(17-15-25)21-28-18-26-4-2-3-5-29(26)34(28)20-24-10-12-27(31)13-11-24/h2-13,18,25H,14-17,19-21H2,1H3,(H,32,35). The monoisotopic (exact) mass is 469 g/mol. The molecule has 180 valence electrons. The molecule has 5 heteroatoms. The first-order chi connectivity index (χ1) is 17.0. The van der Waals surface area contributed by atoms with Crippen LogP contribution in [-0.4, -0.2) is 28.5 Å². The topological polar surface area (TPSA) is 37.3 Å². The maximum Gasteiger partial charge on any atom is 0.223 e. The molecule has 0 unspecified atom stereocenters. The molecule has 4 nitrogen and oxygen atoms in total. The number of rotatable bonds is 7. The second kappa shape index (κ2) is 10.4. The van der Waals surface area contributed by atoms with Gasteiger partial charge in [0.1, 0.15) is 5.82 Å². The van der Waals surface area contributed by atoms with E-state index in [0.717, 1.165) is 43.6 Å². The normalized spacial score (nSPS) is 14.9. The molecule has 4 aromatic rings. The van der Waals surface area contributed by atoms with Crippen molar-refractivity contribution < 1.29 is 9.18 Å². The highest BCUT2D eigenvalue weighted by Gasteiger charge is 2.25. The molecule has 1 aromatic heterocycles. The Morgan fingerprint density at radius 1 is 0.914 bits per heavy atom. The number of carbonyl (C=O) groups excluding carboxylic acids is 1. The molecule has 1 amide bonds. The first-order valence-electron chi connectivity index (χ1n) is 12.4. The summed E-state index contributed by atoms with van der Waals surface area (Å²) in [4.78, 5) is 15.2. The number of nitrogens with one attached hydrogen (secondary N) is 1. The number of carbonyl (C=O) groups is 1. The number of para-hydroxylation sites is 1. The number of fused-ring (bicyclic) bond motifs is 1. The molecule has 0 atom stereocenters. The number of likely N-dealkylation sites (tertiary alicyclic amines) is 1. The highest BCUT2D eigenvalue weighted by molar-refractivity contribution is 5.81. The molecule has 0 saturated carbocycles. The van der Waals surface area contributed by atoms with Gasteiger partial charge in [-0.2, -0.15) is 0 Å². The summed E-state index contributed by atoms with van der Waals surface area (Å²) in [5.41, 5.74) is 5.88. The van der Waals surface area contributed by atoms with Crippen LogP contribution in [0, 0.1) is 18.7 Å². The third kappa shape index (κ3) is 5.63. The zero-order chi connectivity index (χ0) is 24.2. The van der Waals surface area contributed by atoms with Crippen molar-refractivity contribution in [1.29, 1.82) is 0 Å². The van der Waals surface area contributed by atoms with Gasteiger partial charge in [-0.3, -0.25) is 9.69 Å². The molecule has 1 fully saturated rings. The zero-order valence-electron chi connectivity index (χ0n) is 20.2. The van der Waals surface area contributed by atoms with Crippen molar-refractivity contribution in [2.75, 3.05) is 13.1 Å². The van der Waals surface area contributed by atoms with Gasteiger partial charge in [0, 0.05) is 36.8 Å². The lowest BCUT2D eigenvalue weighted by atomic mass is 9.95. The third-order valence-electron chi connectivity index (χ3n) is 7.08. The molecule has 0 radical (unpaired) electrons. The molecule has 0 aliphatic carbocycles. The van der Waals surface area contributed by atoms with Crippen LogP contribution in [0.25, 0.3) is 10.9 Å². The smallest absolute Gasteiger partial charge is 0.223 e. The molecular formula is C30H32FN3O. The Kier molecular flexibility index (Phi) is 6.96. The summed E-state index contributed by atoms with van der Waals surface area (Å²) in [5, 5.41) is 4.34. The minimum Gasteiger partial charge on any atom is -0.352 e. The third-order valence-corrected chi connectivity index (χ3v) is 7.08. The van der Waals surface area contributed by atoms with E-state index in [1.165, 1.54) is 34.3 Å². The second-order valence-corrected chi connectivity index (χ2v) is 9.66. The second-order valence-electron chi connectivity index (χ2n) is 9.66. The Labute approximate surface area is 206 Å². The lowest BCUT2D eigenvalue weighted by Gasteiger charge is -2.31. The van der Waals surface area contributed by atoms with Gasteiger partial charge in [-0.1, -0.05) is 60.2 Å². The van der Waals surface area contributed by atoms with Crippen molar-refractivity contribution in [2.24, 2.45) is 5.92 Å². The Hall–Kier alpha value is -3.44. The Morgan fingerprint density at radius 2 is 1.60 bits per heavy atom. The van der Waals surface area contributed by atoms with Gasteiger partial charge in [0.15, 0.2) is 0 Å². The van der Waals surface area contributed by atoms with Gasteiger partial charge in [0.25, 0.3) is 0 Å². The Bertz CT molecular complexity index is 1290. The van der Waals surface area contributed by atoms with E-state index < -0.39 is 0 Å². The molecule has 0 spiro atoms. The zero-order valence-corrected chi connectivity index (χ0v) is 20.2. The lowest BCUT2D eigenvalue weighted by Crippen LogP contribution is -2.40. The van der Waals surface area contributed by atoms with Gasteiger partial charge < -0.3 is 9.88 Å². The maximum absolute atomic E-state index is 13.4. The highest BCUT2D eigenvalue weighted by atomic mass is 19.1. The van der Waals surface area contributed by atoms with Gasteiger partial charge in [-0.05, 0) is 73.6 Å². The van der Waals surface area contributed by atoms with Crippen molar-refractivity contribution in [2.45, 2.75) is 39.4 Å². The predicted octanol–water partition coefficient (Wildman–Crippen LogP) is 5.67. The summed E-state index contributed by atoms with van der Waals surface area (Å²) in [6.07, 6.45) is 1.75. The highest BCUT2D eigenvalue weighted by Crippen LogP contribution is 2.25. The van der Waals surface area contributed by atoms with Crippen LogP contribution in [0.1, 0.15) is 35.2 Å². The lowest BCUT2D eigenvalue weighted by molar-refractivity contribution is -0.126. The van der Waals surface area contributed by atoms with Crippen LogP contribution in [0.15, 0.2) is 78.9 Å². The quantitative estimate of drug-likeness (QED) is 0.379. The van der Waals surface area contributed by atoms with Crippen LogP contribution >= 0.6 is 0 Å². The van der Waals surface area contributed by atoms with E-state index in [2.05, 4.69) is 76.3 Å². The van der Waals surface area contributed by atoms with Gasteiger partial charge >= 0.3 is 0 Å². The SMILES string of the molecule is Cc1ccc(CNC(=O)C2CCN(Cc3cc4ccccc4n3Cc3ccc(F)cc3)CC2)cc1. The molecular weight excluding hydrogens is 437 g/mol. The van der Waals surface area contributed by atoms with E-state index >= 15 is 0 Å². The molecule has 0 bridgehead atoms. The van der Waals surface area contributed by atoms with E-state index in [0.29, 0.717) is 13.1 Å². The molecule has 3 aromatic carbocycles. The van der Waals surface area contributed by atoms with Crippen molar-refractivity contribution >= 4 is 16.8 Å². The number of nitrogens with zero attached hydrogens (tertiary/aromatic N) is 2. The summed E-state index contributed by atoms with van der Waals surface area (Å²) in [5.74, 6) is 0.0227. The number of piperidine rings is 1. The van der Waals surface area contributed by atoms with Crippen LogP contribution in [0.3, 0.4) is 0 Å². The number of aromatic nitrogens is 1. The van der Waals surface area contributed by atoms with Crippen LogP contribution in [0.4, 0.5) is 4.39 Å². The average Bonchev–Trinajstić information content (AvgIpc) is 3.22. The van der Waals surface area contributed by atoms with Gasteiger partial charge in [-0.25, -0.2) is 4.39 Å². The summed E-state index contributed by atoms with van der Waals surface area (Å²) >= 11 is 0. The molecule has 1 aliphatic heterocycles. The summed E-state index contributed by atoms with van der Waals surface area (Å²) in [7, 11) is 0. The van der Waals surface area contributed by atoms with E-state index in [-0.39, 0.29) is 17.6 Å². The fourth-order valence-electron chi connectivity index (χ4n) is 4.98. The minimum absolute atomic E-state index is 0.0711. The minimum atomic E-state index is -0.211. The summed E-state index contributed by atoms with van der Waals surface area (Å²) in [6.45, 7) is 6.01. The van der Waals surface area contributed by atoms with Crippen molar-refractivity contribution in [3.05, 3.63) is 107 Å². The number of benzene rings is 3. The number of amides is 1. The fourth-order valence-corrected chi connectivity index (χ4v) is 4.98. The Morgan fingerprint density at radius 3 is 2.34 bits per heavy atom. The van der Waals surface area contributed by atoms with Crippen molar-refractivity contribution in [3.8, 4) is 0 Å². The molecule has 1 aliphatic rings. The number of halogens is 1. The van der Waals surface area contributed by atoms with E-state index in [9.17, 15) is 9.18 Å². The first-order valence-corrected chi connectivity index (χ1v) is 12.4. The predicted molar refractivity (Wildman–Crippen MR) is 138 cm³/mol. The van der Waals surface area contributed by atoms with Crippen LogP contribution in [-0.2, 0) is 24.4 Å².